The van der Waals surface area contributed by atoms with Crippen LogP contribution in [-0.2, 0) is 23.8 Å². The molecule has 1 unspecified atom stereocenters. The molecule has 0 aromatic carbocycles. The number of hydrogen-bond acceptors (Lipinski definition) is 9. The van der Waals surface area contributed by atoms with Crippen molar-refractivity contribution in [3.63, 3.8) is 0 Å². The Labute approximate surface area is 314 Å². The fourth-order valence-electron chi connectivity index (χ4n) is 5.70. The van der Waals surface area contributed by atoms with Crippen LogP contribution in [0.1, 0.15) is 181 Å². The molecule has 10 heteroatoms. The summed E-state index contributed by atoms with van der Waals surface area (Å²) in [7, 11) is 0. The van der Waals surface area contributed by atoms with Crippen LogP contribution in [0.3, 0.4) is 0 Å². The lowest BCUT2D eigenvalue weighted by Crippen LogP contribution is -2.32. The molecular weight excluding hydrogens is 662 g/mol. The summed E-state index contributed by atoms with van der Waals surface area (Å²) >= 11 is 0. The summed E-state index contributed by atoms with van der Waals surface area (Å²) in [6, 6.07) is 2.27. The van der Waals surface area contributed by atoms with Crippen molar-refractivity contribution in [3.8, 4) is 11.8 Å². The molecule has 0 aliphatic rings. The van der Waals surface area contributed by atoms with Crippen LogP contribution in [0.4, 0.5) is 4.79 Å². The van der Waals surface area contributed by atoms with Gasteiger partial charge in [-0.25, -0.2) is 4.79 Å². The van der Waals surface area contributed by atoms with Gasteiger partial charge in [0.05, 0.1) is 0 Å². The number of ether oxygens (including phenoxy) is 3. The molecule has 298 valence electrons. The standard InChI is InChI=1S/C42H71NO9/c1-3-5-7-9-11-13-15-17-19-21-23-25-27-29-31-40(46)49-35-37(36-50-42(48)52-43-38(44)33-34-39(43)45)51-41(47)32-30-28-26-24-22-20-18-16-14-12-10-8-6-4-2/h17-20,33-34,37,44-45H,3-16,21-32,35-36H2,1-2H3. The van der Waals surface area contributed by atoms with Gasteiger partial charge in [-0.3, -0.25) is 14.4 Å². The first-order valence-corrected chi connectivity index (χ1v) is 20.5. The van der Waals surface area contributed by atoms with Gasteiger partial charge in [-0.2, -0.15) is 0 Å². The molecule has 0 saturated heterocycles. The molecule has 2 N–H and O–H groups in total. The molecule has 0 radical (unpaired) electrons. The highest BCUT2D eigenvalue weighted by Gasteiger charge is 2.21. The van der Waals surface area contributed by atoms with Crippen LogP contribution in [0.5, 0.6) is 11.8 Å². The molecule has 52 heavy (non-hydrogen) atoms. The van der Waals surface area contributed by atoms with E-state index in [0.717, 1.165) is 76.3 Å². The highest BCUT2D eigenvalue weighted by Crippen LogP contribution is 2.19. The Bertz CT molecular complexity index is 1080. The highest BCUT2D eigenvalue weighted by molar-refractivity contribution is 5.70. The van der Waals surface area contributed by atoms with Crippen molar-refractivity contribution in [2.24, 2.45) is 0 Å². The van der Waals surface area contributed by atoms with E-state index in [9.17, 15) is 24.6 Å². The quantitative estimate of drug-likeness (QED) is 0.0307. The van der Waals surface area contributed by atoms with Crippen LogP contribution >= 0.6 is 0 Å². The van der Waals surface area contributed by atoms with Crippen LogP contribution in [-0.4, -0.2) is 52.4 Å². The molecule has 0 amide bonds. The Kier molecular flexibility index (Phi) is 29.9. The van der Waals surface area contributed by atoms with Crippen LogP contribution in [0.25, 0.3) is 0 Å². The minimum absolute atomic E-state index is 0.197. The zero-order chi connectivity index (χ0) is 37.9. The van der Waals surface area contributed by atoms with Gasteiger partial charge >= 0.3 is 18.1 Å². The van der Waals surface area contributed by atoms with Crippen molar-refractivity contribution in [2.45, 2.75) is 187 Å². The first-order valence-electron chi connectivity index (χ1n) is 20.5. The maximum absolute atomic E-state index is 12.6. The van der Waals surface area contributed by atoms with Crippen molar-refractivity contribution in [1.82, 2.24) is 4.73 Å². The topological polar surface area (TPSA) is 134 Å². The van der Waals surface area contributed by atoms with E-state index in [1.165, 1.54) is 77.0 Å². The van der Waals surface area contributed by atoms with E-state index in [1.807, 2.05) is 0 Å². The molecule has 0 aliphatic heterocycles. The van der Waals surface area contributed by atoms with Gasteiger partial charge in [0, 0.05) is 25.0 Å². The number of esters is 2. The zero-order valence-electron chi connectivity index (χ0n) is 32.5. The molecule has 1 rings (SSSR count). The van der Waals surface area contributed by atoms with Gasteiger partial charge in [0.1, 0.15) is 13.2 Å². The van der Waals surface area contributed by atoms with Crippen molar-refractivity contribution >= 4 is 18.1 Å². The number of nitrogens with zero attached hydrogens (tertiary/aromatic N) is 1. The van der Waals surface area contributed by atoms with E-state index < -0.39 is 42.6 Å². The molecular formula is C42H71NO9. The van der Waals surface area contributed by atoms with Crippen LogP contribution in [0, 0.1) is 0 Å². The third-order valence-corrected chi connectivity index (χ3v) is 8.86. The first-order chi connectivity index (χ1) is 25.4. The van der Waals surface area contributed by atoms with Crippen molar-refractivity contribution in [2.75, 3.05) is 13.2 Å². The molecule has 0 saturated carbocycles. The SMILES string of the molecule is CCCCCCCCC=CCCCCCCC(=O)OCC(COC(=O)On1c(O)ccc1O)OC(=O)CCCCCCC=CCCCCCCCC. The van der Waals surface area contributed by atoms with E-state index in [0.29, 0.717) is 17.6 Å². The van der Waals surface area contributed by atoms with Gasteiger partial charge in [-0.05, 0) is 64.2 Å². The lowest BCUT2D eigenvalue weighted by molar-refractivity contribution is -0.162. The number of aromatic hydroxyl groups is 2. The number of rotatable bonds is 34. The fourth-order valence-corrected chi connectivity index (χ4v) is 5.70. The second-order valence-corrected chi connectivity index (χ2v) is 13.8. The number of aromatic nitrogens is 1. The number of hydrogen-bond donors (Lipinski definition) is 2. The number of unbranched alkanes of at least 4 members (excludes halogenated alkanes) is 20. The van der Waals surface area contributed by atoms with Gasteiger partial charge in [0.25, 0.3) is 0 Å². The van der Waals surface area contributed by atoms with Crippen LogP contribution < -0.4 is 4.84 Å². The lowest BCUT2D eigenvalue weighted by Gasteiger charge is -2.18. The first kappa shape index (κ1) is 46.6. The van der Waals surface area contributed by atoms with Crippen molar-refractivity contribution in [3.05, 3.63) is 36.4 Å². The largest absolute Gasteiger partial charge is 0.534 e. The number of carbonyl (C=O) groups is 3. The van der Waals surface area contributed by atoms with Gasteiger partial charge < -0.3 is 24.4 Å². The van der Waals surface area contributed by atoms with E-state index in [-0.39, 0.29) is 19.4 Å². The summed E-state index contributed by atoms with van der Waals surface area (Å²) in [5, 5.41) is 19.4. The molecule has 0 spiro atoms. The monoisotopic (exact) mass is 734 g/mol. The van der Waals surface area contributed by atoms with E-state index in [2.05, 4.69) is 38.2 Å². The van der Waals surface area contributed by atoms with E-state index in [4.69, 9.17) is 19.0 Å². The van der Waals surface area contributed by atoms with Gasteiger partial charge in [0.2, 0.25) is 11.8 Å². The molecule has 1 atom stereocenters. The Morgan fingerprint density at radius 1 is 0.558 bits per heavy atom. The average Bonchev–Trinajstić information content (AvgIpc) is 3.45. The Morgan fingerprint density at radius 2 is 0.942 bits per heavy atom. The molecule has 1 heterocycles. The average molecular weight is 734 g/mol. The summed E-state index contributed by atoms with van der Waals surface area (Å²) in [6.45, 7) is 3.77. The van der Waals surface area contributed by atoms with Crippen LogP contribution in [0.15, 0.2) is 36.4 Å². The highest BCUT2D eigenvalue weighted by atomic mass is 16.8. The Balaban J connectivity index is 2.32. The minimum atomic E-state index is -1.24. The molecule has 0 fully saturated rings. The van der Waals surface area contributed by atoms with Gasteiger partial charge in [-0.15, -0.1) is 4.73 Å². The Morgan fingerprint density at radius 3 is 1.40 bits per heavy atom. The maximum atomic E-state index is 12.6. The lowest BCUT2D eigenvalue weighted by atomic mass is 10.1. The summed E-state index contributed by atoms with van der Waals surface area (Å²) in [5.74, 6) is -1.89. The summed E-state index contributed by atoms with van der Waals surface area (Å²) in [5.41, 5.74) is 0. The van der Waals surface area contributed by atoms with Gasteiger partial charge in [-0.1, -0.05) is 128 Å². The molecule has 0 aliphatic carbocycles. The van der Waals surface area contributed by atoms with Crippen molar-refractivity contribution < 1.29 is 43.6 Å². The predicted molar refractivity (Wildman–Crippen MR) is 206 cm³/mol. The minimum Gasteiger partial charge on any atom is -0.492 e. The van der Waals surface area contributed by atoms with Crippen molar-refractivity contribution in [1.29, 1.82) is 0 Å². The molecule has 10 nitrogen and oxygen atoms in total. The van der Waals surface area contributed by atoms with Gasteiger partial charge in [0.15, 0.2) is 6.10 Å². The summed E-state index contributed by atoms with van der Waals surface area (Å²) in [6.07, 6.45) is 34.8. The second-order valence-electron chi connectivity index (χ2n) is 13.8. The molecule has 0 bridgehead atoms. The number of carbonyl (C=O) groups excluding carboxylic acids is 3. The van der Waals surface area contributed by atoms with Crippen LogP contribution in [0.2, 0.25) is 0 Å². The summed E-state index contributed by atoms with van der Waals surface area (Å²) < 4.78 is 16.4. The normalized spacial score (nSPS) is 12.0. The van der Waals surface area contributed by atoms with E-state index in [1.54, 1.807) is 0 Å². The predicted octanol–water partition coefficient (Wildman–Crippen LogP) is 11.2. The number of allylic oxidation sites excluding steroid dienone is 4. The fraction of sp³-hybridized carbons (Fsp3) is 0.738. The third kappa shape index (κ3) is 27.3. The maximum Gasteiger partial charge on any atom is 0.534 e. The Hall–Kier alpha value is -3.43. The second kappa shape index (κ2) is 33.4. The smallest absolute Gasteiger partial charge is 0.492 e. The third-order valence-electron chi connectivity index (χ3n) is 8.86. The molecule has 1 aromatic heterocycles. The zero-order valence-corrected chi connectivity index (χ0v) is 32.5. The summed E-state index contributed by atoms with van der Waals surface area (Å²) in [4.78, 5) is 42.0. The molecule has 1 aromatic rings. The van der Waals surface area contributed by atoms with E-state index >= 15 is 0 Å².